The van der Waals surface area contributed by atoms with Gasteiger partial charge in [-0.3, -0.25) is 9.88 Å². The number of hydrazine groups is 1. The van der Waals surface area contributed by atoms with Crippen LogP contribution in [0.1, 0.15) is 29.2 Å². The zero-order valence-corrected chi connectivity index (χ0v) is 16.5. The fourth-order valence-electron chi connectivity index (χ4n) is 3.98. The Kier molecular flexibility index (Phi) is 5.57. The number of benzene rings is 1. The summed E-state index contributed by atoms with van der Waals surface area (Å²) in [6.07, 6.45) is 4.94. The number of pyridine rings is 1. The van der Waals surface area contributed by atoms with Crippen LogP contribution in [0.3, 0.4) is 0 Å². The van der Waals surface area contributed by atoms with E-state index in [9.17, 15) is 4.79 Å². The normalized spacial score (nSPS) is 23.0. The van der Waals surface area contributed by atoms with Crippen molar-refractivity contribution in [1.29, 1.82) is 0 Å². The van der Waals surface area contributed by atoms with Crippen LogP contribution in [0.15, 0.2) is 42.7 Å². The highest BCUT2D eigenvalue weighted by Gasteiger charge is 2.32. The maximum Gasteiger partial charge on any atom is 0.321 e. The summed E-state index contributed by atoms with van der Waals surface area (Å²) in [5, 5.41) is 3.05. The minimum Gasteiger partial charge on any atom is -0.322 e. The van der Waals surface area contributed by atoms with Gasteiger partial charge in [-0.05, 0) is 49.6 Å². The fraction of sp³-hybridized carbons (Fsp3) is 0.429. The second-order valence-corrected chi connectivity index (χ2v) is 7.64. The Hall–Kier alpha value is -2.48. The van der Waals surface area contributed by atoms with Gasteiger partial charge in [0, 0.05) is 50.3 Å². The lowest BCUT2D eigenvalue weighted by Crippen LogP contribution is -2.55. The van der Waals surface area contributed by atoms with Crippen LogP contribution < -0.4 is 16.2 Å². The monoisotopic (exact) mass is 380 g/mol. The number of carbonyl (C=O) groups excluding carboxylic acids is 1. The van der Waals surface area contributed by atoms with Crippen molar-refractivity contribution < 1.29 is 4.79 Å². The summed E-state index contributed by atoms with van der Waals surface area (Å²) in [4.78, 5) is 21.0. The maximum atomic E-state index is 12.6. The highest BCUT2D eigenvalue weighted by molar-refractivity contribution is 5.90. The minimum atomic E-state index is -0.0150. The molecule has 0 bridgehead atoms. The molecule has 0 saturated carbocycles. The molecule has 2 aliphatic rings. The maximum absolute atomic E-state index is 12.6. The summed E-state index contributed by atoms with van der Waals surface area (Å²) < 4.78 is 0. The summed E-state index contributed by atoms with van der Waals surface area (Å²) in [5.74, 6) is 0. The van der Waals surface area contributed by atoms with Crippen LogP contribution in [-0.2, 0) is 0 Å². The molecule has 2 amide bonds. The first-order chi connectivity index (χ1) is 13.6. The number of piperazine rings is 1. The molecular formula is C21H28N6O. The van der Waals surface area contributed by atoms with E-state index >= 15 is 0 Å². The molecule has 4 rings (SSSR count). The average Bonchev–Trinajstić information content (AvgIpc) is 3.21. The van der Waals surface area contributed by atoms with Gasteiger partial charge < -0.3 is 10.2 Å². The molecule has 2 unspecified atom stereocenters. The second kappa shape index (κ2) is 8.26. The van der Waals surface area contributed by atoms with Gasteiger partial charge in [0.2, 0.25) is 0 Å². The lowest BCUT2D eigenvalue weighted by atomic mass is 10.1. The summed E-state index contributed by atoms with van der Waals surface area (Å²) >= 11 is 0. The zero-order chi connectivity index (χ0) is 19.5. The molecule has 1 aromatic heterocycles. The van der Waals surface area contributed by atoms with Crippen molar-refractivity contribution in [2.75, 3.05) is 31.5 Å². The van der Waals surface area contributed by atoms with Crippen LogP contribution in [0.2, 0.25) is 0 Å². The first-order valence-corrected chi connectivity index (χ1v) is 9.88. The van der Waals surface area contributed by atoms with Crippen molar-refractivity contribution in [3.63, 3.8) is 0 Å². The third kappa shape index (κ3) is 4.16. The average molecular weight is 380 g/mol. The number of nitrogens with zero attached hydrogens (tertiary/aromatic N) is 3. The predicted molar refractivity (Wildman–Crippen MR) is 110 cm³/mol. The lowest BCUT2D eigenvalue weighted by molar-refractivity contribution is 0.103. The summed E-state index contributed by atoms with van der Waals surface area (Å²) in [6, 6.07) is 10.5. The molecule has 2 saturated heterocycles. The van der Waals surface area contributed by atoms with Gasteiger partial charge in [0.1, 0.15) is 0 Å². The summed E-state index contributed by atoms with van der Waals surface area (Å²) in [7, 11) is 0. The topological polar surface area (TPSA) is 72.5 Å². The van der Waals surface area contributed by atoms with Crippen LogP contribution in [-0.4, -0.2) is 53.2 Å². The highest BCUT2D eigenvalue weighted by Crippen LogP contribution is 2.24. The second-order valence-electron chi connectivity index (χ2n) is 7.64. The number of rotatable bonds is 3. The van der Waals surface area contributed by atoms with Crippen molar-refractivity contribution in [2.24, 2.45) is 0 Å². The Bertz CT molecular complexity index is 819. The van der Waals surface area contributed by atoms with E-state index in [-0.39, 0.29) is 12.2 Å². The molecule has 7 nitrogen and oxygen atoms in total. The summed E-state index contributed by atoms with van der Waals surface area (Å²) in [5.41, 5.74) is 11.2. The van der Waals surface area contributed by atoms with Gasteiger partial charge in [0.05, 0.1) is 6.17 Å². The Morgan fingerprint density at radius 1 is 1.07 bits per heavy atom. The molecule has 2 aliphatic heterocycles. The van der Waals surface area contributed by atoms with Crippen molar-refractivity contribution in [3.05, 3.63) is 59.4 Å². The largest absolute Gasteiger partial charge is 0.322 e. The summed E-state index contributed by atoms with van der Waals surface area (Å²) in [6.45, 7) is 7.27. The molecule has 28 heavy (non-hydrogen) atoms. The predicted octanol–water partition coefficient (Wildman–Crippen LogP) is 2.41. The number of aryl methyl sites for hydroxylation is 2. The third-order valence-corrected chi connectivity index (χ3v) is 5.66. The Labute approximate surface area is 166 Å². The lowest BCUT2D eigenvalue weighted by Gasteiger charge is -2.37. The van der Waals surface area contributed by atoms with E-state index in [4.69, 9.17) is 0 Å². The van der Waals surface area contributed by atoms with Crippen molar-refractivity contribution in [3.8, 4) is 0 Å². The van der Waals surface area contributed by atoms with Crippen LogP contribution in [0.5, 0.6) is 0 Å². The number of hydrogen-bond acceptors (Lipinski definition) is 5. The first kappa shape index (κ1) is 18.9. The van der Waals surface area contributed by atoms with Crippen molar-refractivity contribution in [1.82, 2.24) is 25.6 Å². The zero-order valence-electron chi connectivity index (χ0n) is 16.5. The fourth-order valence-corrected chi connectivity index (χ4v) is 3.98. The van der Waals surface area contributed by atoms with E-state index < -0.39 is 0 Å². The van der Waals surface area contributed by atoms with E-state index in [1.807, 2.05) is 36.4 Å². The molecule has 0 radical (unpaired) electrons. The third-order valence-electron chi connectivity index (χ3n) is 5.66. The molecule has 1 aromatic carbocycles. The van der Waals surface area contributed by atoms with Gasteiger partial charge in [-0.15, -0.1) is 0 Å². The number of anilines is 1. The van der Waals surface area contributed by atoms with Gasteiger partial charge in [0.25, 0.3) is 0 Å². The van der Waals surface area contributed by atoms with E-state index in [0.29, 0.717) is 6.04 Å². The number of carbonyl (C=O) groups is 1. The molecule has 3 heterocycles. The quantitative estimate of drug-likeness (QED) is 0.763. The van der Waals surface area contributed by atoms with Crippen LogP contribution >= 0.6 is 0 Å². The van der Waals surface area contributed by atoms with E-state index in [0.717, 1.165) is 43.9 Å². The van der Waals surface area contributed by atoms with E-state index in [2.05, 4.69) is 51.2 Å². The standard InChI is InChI=1S/C21H28N6O/c1-15-3-4-18(16(2)13-15)23-21(28)27-11-9-26(10-12-27)20-14-19(24-25-20)17-5-7-22-8-6-17/h3-8,13,19-20,24-25H,9-12,14H2,1-2H3,(H,23,28). The molecule has 148 valence electrons. The van der Waals surface area contributed by atoms with Crippen LogP contribution in [0.4, 0.5) is 10.5 Å². The van der Waals surface area contributed by atoms with Gasteiger partial charge in [-0.1, -0.05) is 17.7 Å². The van der Waals surface area contributed by atoms with E-state index in [1.54, 1.807) is 0 Å². The smallest absolute Gasteiger partial charge is 0.321 e. The number of urea groups is 1. The molecule has 3 N–H and O–H groups in total. The molecule has 7 heteroatoms. The number of hydrogen-bond donors (Lipinski definition) is 3. The van der Waals surface area contributed by atoms with Gasteiger partial charge >= 0.3 is 6.03 Å². The number of nitrogens with one attached hydrogen (secondary N) is 3. The van der Waals surface area contributed by atoms with Gasteiger partial charge in [0.15, 0.2) is 0 Å². The van der Waals surface area contributed by atoms with E-state index in [1.165, 1.54) is 11.1 Å². The number of amides is 2. The SMILES string of the molecule is Cc1ccc(NC(=O)N2CCN(C3CC(c4ccncc4)NN3)CC2)c(C)c1. The minimum absolute atomic E-state index is 0.0150. The molecule has 2 fully saturated rings. The van der Waals surface area contributed by atoms with Crippen molar-refractivity contribution >= 4 is 11.7 Å². The molecular weight excluding hydrogens is 352 g/mol. The van der Waals surface area contributed by atoms with Crippen LogP contribution in [0.25, 0.3) is 0 Å². The Morgan fingerprint density at radius 3 is 2.54 bits per heavy atom. The molecule has 0 spiro atoms. The Balaban J connectivity index is 1.28. The van der Waals surface area contributed by atoms with Crippen LogP contribution in [0, 0.1) is 13.8 Å². The van der Waals surface area contributed by atoms with Crippen molar-refractivity contribution in [2.45, 2.75) is 32.5 Å². The van der Waals surface area contributed by atoms with Gasteiger partial charge in [-0.25, -0.2) is 15.6 Å². The highest BCUT2D eigenvalue weighted by atomic mass is 16.2. The molecule has 2 aromatic rings. The first-order valence-electron chi connectivity index (χ1n) is 9.88. The molecule has 0 aliphatic carbocycles. The van der Waals surface area contributed by atoms with Gasteiger partial charge in [-0.2, -0.15) is 0 Å². The Morgan fingerprint density at radius 2 is 1.82 bits per heavy atom. The number of aromatic nitrogens is 1. The molecule has 2 atom stereocenters.